The molecule has 0 atom stereocenters. The van der Waals surface area contributed by atoms with Gasteiger partial charge >= 0.3 is 18.1 Å². The molecule has 0 fully saturated rings. The van der Waals surface area contributed by atoms with Gasteiger partial charge < -0.3 is 20.8 Å². The lowest BCUT2D eigenvalue weighted by Gasteiger charge is -2.12. The fourth-order valence-corrected chi connectivity index (χ4v) is 2.04. The Labute approximate surface area is 159 Å². The Bertz CT molecular complexity index is 870. The van der Waals surface area contributed by atoms with Crippen molar-refractivity contribution in [2.75, 3.05) is 11.9 Å². The van der Waals surface area contributed by atoms with E-state index in [4.69, 9.17) is 15.0 Å². The minimum absolute atomic E-state index is 0.0855. The van der Waals surface area contributed by atoms with Gasteiger partial charge in [0.05, 0.1) is 12.7 Å². The number of anilines is 1. The molecule has 0 aromatic carbocycles. The van der Waals surface area contributed by atoms with Gasteiger partial charge in [0.15, 0.2) is 0 Å². The molecule has 3 heterocycles. The van der Waals surface area contributed by atoms with Gasteiger partial charge in [-0.05, 0) is 6.42 Å². The van der Waals surface area contributed by atoms with Gasteiger partial charge in [-0.2, -0.15) is 18.2 Å². The van der Waals surface area contributed by atoms with E-state index in [-0.39, 0.29) is 18.9 Å². The lowest BCUT2D eigenvalue weighted by atomic mass is 10.4. The van der Waals surface area contributed by atoms with E-state index in [9.17, 15) is 22.8 Å². The van der Waals surface area contributed by atoms with Crippen LogP contribution in [0, 0.1) is 0 Å². The van der Waals surface area contributed by atoms with Crippen LogP contribution in [0.25, 0.3) is 0 Å². The highest BCUT2D eigenvalue weighted by atomic mass is 19.4. The summed E-state index contributed by atoms with van der Waals surface area (Å²) in [6.45, 7) is 1.39. The molecule has 0 spiro atoms. The van der Waals surface area contributed by atoms with Crippen LogP contribution in [-0.2, 0) is 29.2 Å². The first kappa shape index (κ1) is 21.6. The monoisotopic (exact) mass is 420 g/mol. The van der Waals surface area contributed by atoms with Crippen LogP contribution >= 0.6 is 0 Å². The second-order valence-electron chi connectivity index (χ2n) is 5.55. The number of halogens is 3. The van der Waals surface area contributed by atoms with Crippen molar-refractivity contribution in [3.05, 3.63) is 17.7 Å². The predicted octanol–water partition coefficient (Wildman–Crippen LogP) is -0.667. The highest BCUT2D eigenvalue weighted by molar-refractivity contribution is 5.90. The number of carboxylic acids is 2. The molecule has 0 saturated heterocycles. The van der Waals surface area contributed by atoms with Gasteiger partial charge in [-0.3, -0.25) is 9.59 Å². The van der Waals surface area contributed by atoms with E-state index in [2.05, 4.69) is 31.0 Å². The van der Waals surface area contributed by atoms with Crippen LogP contribution in [0.2, 0.25) is 0 Å². The molecule has 4 N–H and O–H groups in total. The summed E-state index contributed by atoms with van der Waals surface area (Å²) in [7, 11) is 0. The number of amides is 1. The molecule has 0 unspecified atom stereocenters. The lowest BCUT2D eigenvalue weighted by Crippen LogP contribution is -2.24. The van der Waals surface area contributed by atoms with Crippen LogP contribution in [-0.4, -0.2) is 70.5 Å². The topological polar surface area (TPSA) is 177 Å². The van der Waals surface area contributed by atoms with Gasteiger partial charge in [0, 0.05) is 13.1 Å². The van der Waals surface area contributed by atoms with Crippen LogP contribution in [0.4, 0.5) is 19.1 Å². The number of nitrogens with one attached hydrogen (secondary N) is 2. The normalized spacial score (nSPS) is 12.8. The zero-order valence-corrected chi connectivity index (χ0v) is 14.5. The molecule has 1 amide bonds. The Balaban J connectivity index is 0.000000370. The third-order valence-electron chi connectivity index (χ3n) is 3.26. The first-order chi connectivity index (χ1) is 13.6. The SMILES string of the molecule is O=C(O)C(F)(F)F.O=C(O)Cn1cc(CNC(=O)c2nc3n(n2)CCCN3)nn1. The number of aryl methyl sites for hydroxylation is 1. The van der Waals surface area contributed by atoms with Crippen LogP contribution in [0.15, 0.2) is 6.20 Å². The first-order valence-corrected chi connectivity index (χ1v) is 7.94. The molecule has 0 bridgehead atoms. The smallest absolute Gasteiger partial charge is 0.480 e. The van der Waals surface area contributed by atoms with Crippen molar-refractivity contribution in [1.29, 1.82) is 0 Å². The molecule has 2 aromatic heterocycles. The molecule has 0 saturated carbocycles. The second-order valence-corrected chi connectivity index (χ2v) is 5.55. The van der Waals surface area contributed by atoms with Gasteiger partial charge in [0.25, 0.3) is 5.91 Å². The third-order valence-corrected chi connectivity index (χ3v) is 3.26. The molecule has 1 aliphatic heterocycles. The van der Waals surface area contributed by atoms with E-state index < -0.39 is 24.0 Å². The number of carboxylic acid groups (broad SMARTS) is 2. The highest BCUT2D eigenvalue weighted by Gasteiger charge is 2.38. The Morgan fingerprint density at radius 3 is 2.55 bits per heavy atom. The Hall–Kier alpha value is -3.72. The number of carbonyl (C=O) groups is 3. The maximum Gasteiger partial charge on any atom is 0.490 e. The van der Waals surface area contributed by atoms with Crippen LogP contribution in [0.5, 0.6) is 0 Å². The molecule has 0 aliphatic carbocycles. The van der Waals surface area contributed by atoms with Crippen molar-refractivity contribution >= 4 is 23.8 Å². The van der Waals surface area contributed by atoms with Crippen molar-refractivity contribution in [3.8, 4) is 0 Å². The fourth-order valence-electron chi connectivity index (χ4n) is 2.04. The van der Waals surface area contributed by atoms with Crippen LogP contribution < -0.4 is 10.6 Å². The van der Waals surface area contributed by atoms with E-state index in [0.29, 0.717) is 11.6 Å². The summed E-state index contributed by atoms with van der Waals surface area (Å²) in [6.07, 6.45) is -2.69. The van der Waals surface area contributed by atoms with Crippen molar-refractivity contribution < 1.29 is 37.8 Å². The van der Waals surface area contributed by atoms with Gasteiger partial charge in [-0.15, -0.1) is 10.2 Å². The summed E-state index contributed by atoms with van der Waals surface area (Å²) in [4.78, 5) is 35.5. The number of hydrogen-bond acceptors (Lipinski definition) is 8. The number of fused-ring (bicyclic) bond motifs is 1. The molecule has 16 heteroatoms. The fraction of sp³-hybridized carbons (Fsp3) is 0.462. The summed E-state index contributed by atoms with van der Waals surface area (Å²) in [5.74, 6) is -3.52. The van der Waals surface area contributed by atoms with Gasteiger partial charge in [0.2, 0.25) is 11.8 Å². The van der Waals surface area contributed by atoms with Gasteiger partial charge in [-0.25, -0.2) is 14.2 Å². The maximum atomic E-state index is 12.0. The highest BCUT2D eigenvalue weighted by Crippen LogP contribution is 2.13. The summed E-state index contributed by atoms with van der Waals surface area (Å²) in [5, 5.41) is 33.0. The van der Waals surface area contributed by atoms with Crippen molar-refractivity contribution in [1.82, 2.24) is 35.1 Å². The third kappa shape index (κ3) is 6.43. The van der Waals surface area contributed by atoms with E-state index in [1.807, 2.05) is 0 Å². The summed E-state index contributed by atoms with van der Waals surface area (Å²) in [6, 6.07) is 0. The number of carbonyl (C=O) groups excluding carboxylic acids is 1. The standard InChI is InChI=1S/C11H14N8O3.C2HF3O2/c20-8(21)6-18-5-7(15-17-18)4-13-10(22)9-14-11-12-2-1-3-19(11)16-9;3-2(4,5)1(6)7/h5H,1-4,6H2,(H,13,22)(H,20,21)(H,12,14,16);(H,6,7). The quantitative estimate of drug-likeness (QED) is 0.485. The molecule has 158 valence electrons. The largest absolute Gasteiger partial charge is 0.490 e. The molecular formula is C13H15F3N8O5. The number of nitrogens with zero attached hydrogens (tertiary/aromatic N) is 6. The molecule has 29 heavy (non-hydrogen) atoms. The number of rotatable bonds is 5. The van der Waals surface area contributed by atoms with Crippen molar-refractivity contribution in [3.63, 3.8) is 0 Å². The van der Waals surface area contributed by atoms with E-state index in [1.54, 1.807) is 4.68 Å². The molecule has 3 rings (SSSR count). The summed E-state index contributed by atoms with van der Waals surface area (Å²) in [5.41, 5.74) is 0.455. The molecule has 2 aromatic rings. The number of alkyl halides is 3. The molecular weight excluding hydrogens is 405 g/mol. The number of aromatic nitrogens is 6. The zero-order chi connectivity index (χ0) is 21.6. The molecule has 0 radical (unpaired) electrons. The van der Waals surface area contributed by atoms with Gasteiger partial charge in [-0.1, -0.05) is 5.21 Å². The molecule has 13 nitrogen and oxygen atoms in total. The Morgan fingerprint density at radius 2 is 1.97 bits per heavy atom. The maximum absolute atomic E-state index is 12.0. The van der Waals surface area contributed by atoms with E-state index in [0.717, 1.165) is 19.5 Å². The van der Waals surface area contributed by atoms with Crippen molar-refractivity contribution in [2.24, 2.45) is 0 Å². The first-order valence-electron chi connectivity index (χ1n) is 7.94. The van der Waals surface area contributed by atoms with Gasteiger partial charge in [0.1, 0.15) is 12.2 Å². The average Bonchev–Trinajstić information content (AvgIpc) is 3.25. The van der Waals surface area contributed by atoms with E-state index >= 15 is 0 Å². The number of aliphatic carboxylic acids is 2. The lowest BCUT2D eigenvalue weighted by molar-refractivity contribution is -0.192. The Kier molecular flexibility index (Phi) is 6.68. The van der Waals surface area contributed by atoms with E-state index in [1.165, 1.54) is 10.9 Å². The predicted molar refractivity (Wildman–Crippen MR) is 85.6 cm³/mol. The Morgan fingerprint density at radius 1 is 1.28 bits per heavy atom. The summed E-state index contributed by atoms with van der Waals surface area (Å²) < 4.78 is 34.6. The summed E-state index contributed by atoms with van der Waals surface area (Å²) >= 11 is 0. The number of hydrogen-bond donors (Lipinski definition) is 4. The molecule has 1 aliphatic rings. The average molecular weight is 420 g/mol. The second kappa shape index (κ2) is 8.98. The zero-order valence-electron chi connectivity index (χ0n) is 14.5. The minimum Gasteiger partial charge on any atom is -0.480 e. The van der Waals surface area contributed by atoms with Crippen molar-refractivity contribution in [2.45, 2.75) is 32.2 Å². The van der Waals surface area contributed by atoms with Crippen LogP contribution in [0.1, 0.15) is 22.7 Å². The van der Waals surface area contributed by atoms with Crippen LogP contribution in [0.3, 0.4) is 0 Å². The minimum atomic E-state index is -5.08.